The molecule has 6 nitrogen and oxygen atoms in total. The summed E-state index contributed by atoms with van der Waals surface area (Å²) in [6.07, 6.45) is 3.42. The van der Waals surface area contributed by atoms with Crippen molar-refractivity contribution in [1.29, 1.82) is 0 Å². The molecule has 0 aliphatic heterocycles. The number of hydrogen-bond acceptors (Lipinski definition) is 5. The molecule has 2 heterocycles. The van der Waals surface area contributed by atoms with Crippen molar-refractivity contribution in [1.82, 2.24) is 19.7 Å². The van der Waals surface area contributed by atoms with E-state index in [4.69, 9.17) is 10.3 Å². The molecule has 0 bridgehead atoms. The van der Waals surface area contributed by atoms with Gasteiger partial charge in [0.2, 0.25) is 5.82 Å². The fraction of sp³-hybridized carbons (Fsp3) is 0.0833. The number of anilines is 1. The number of halogens is 1. The Bertz CT molecular complexity index is 733. The predicted octanol–water partition coefficient (Wildman–Crippen LogP) is 1.86. The van der Waals surface area contributed by atoms with Crippen LogP contribution >= 0.6 is 0 Å². The molecule has 0 saturated heterocycles. The molecule has 3 rings (SSSR count). The zero-order valence-corrected chi connectivity index (χ0v) is 10.0. The summed E-state index contributed by atoms with van der Waals surface area (Å²) in [6, 6.07) is 4.24. The molecule has 0 unspecified atom stereocenters. The van der Waals surface area contributed by atoms with Crippen LogP contribution in [-0.2, 0) is 7.05 Å². The molecule has 3 aromatic rings. The molecular weight excluding hydrogens is 249 g/mol. The Labute approximate surface area is 107 Å². The highest BCUT2D eigenvalue weighted by molar-refractivity contribution is 5.61. The lowest BCUT2D eigenvalue weighted by Crippen LogP contribution is -1.93. The molecule has 0 saturated carbocycles. The molecule has 19 heavy (non-hydrogen) atoms. The standard InChI is InChI=1S/C12H10FN5O/c1-18-5-4-15-11(18)10-16-12(19-17-10)7-2-3-8(13)9(14)6-7/h2-6H,14H2,1H3. The second-order valence-corrected chi connectivity index (χ2v) is 4.02. The minimum Gasteiger partial charge on any atom is -0.396 e. The summed E-state index contributed by atoms with van der Waals surface area (Å²) < 4.78 is 20.0. The zero-order chi connectivity index (χ0) is 13.4. The first-order valence-corrected chi connectivity index (χ1v) is 5.52. The highest BCUT2D eigenvalue weighted by Crippen LogP contribution is 2.23. The third kappa shape index (κ3) is 1.95. The van der Waals surface area contributed by atoms with Crippen molar-refractivity contribution in [3.05, 3.63) is 36.4 Å². The van der Waals surface area contributed by atoms with E-state index >= 15 is 0 Å². The van der Waals surface area contributed by atoms with E-state index in [1.165, 1.54) is 18.2 Å². The molecule has 2 N–H and O–H groups in total. The summed E-state index contributed by atoms with van der Waals surface area (Å²) >= 11 is 0. The Morgan fingerprint density at radius 1 is 1.37 bits per heavy atom. The van der Waals surface area contributed by atoms with Crippen LogP contribution in [0.2, 0.25) is 0 Å². The number of benzene rings is 1. The third-order valence-corrected chi connectivity index (χ3v) is 2.69. The average molecular weight is 259 g/mol. The van der Waals surface area contributed by atoms with Gasteiger partial charge in [0, 0.05) is 25.0 Å². The Morgan fingerprint density at radius 3 is 2.89 bits per heavy atom. The number of aryl methyl sites for hydroxylation is 1. The maximum atomic E-state index is 13.1. The van der Waals surface area contributed by atoms with E-state index in [-0.39, 0.29) is 11.6 Å². The number of aromatic nitrogens is 4. The van der Waals surface area contributed by atoms with Crippen LogP contribution in [0.15, 0.2) is 35.1 Å². The van der Waals surface area contributed by atoms with Crippen LogP contribution in [0.5, 0.6) is 0 Å². The lowest BCUT2D eigenvalue weighted by Gasteiger charge is -1.97. The first-order valence-electron chi connectivity index (χ1n) is 5.52. The molecule has 0 spiro atoms. The first-order chi connectivity index (χ1) is 9.15. The molecule has 2 aromatic heterocycles. The van der Waals surface area contributed by atoms with Gasteiger partial charge in [-0.3, -0.25) is 0 Å². The van der Waals surface area contributed by atoms with Gasteiger partial charge in [0.25, 0.3) is 5.89 Å². The topological polar surface area (TPSA) is 82.8 Å². The molecule has 1 aromatic carbocycles. The normalized spacial score (nSPS) is 10.8. The maximum absolute atomic E-state index is 13.1. The van der Waals surface area contributed by atoms with Crippen molar-refractivity contribution in [2.45, 2.75) is 0 Å². The monoisotopic (exact) mass is 259 g/mol. The van der Waals surface area contributed by atoms with Crippen LogP contribution in [0, 0.1) is 5.82 Å². The fourth-order valence-corrected chi connectivity index (χ4v) is 1.69. The maximum Gasteiger partial charge on any atom is 0.258 e. The number of nitrogens with zero attached hydrogens (tertiary/aromatic N) is 4. The SMILES string of the molecule is Cn1ccnc1-c1noc(-c2ccc(F)c(N)c2)n1. The van der Waals surface area contributed by atoms with E-state index in [0.29, 0.717) is 17.2 Å². The van der Waals surface area contributed by atoms with Crippen LogP contribution in [0.3, 0.4) is 0 Å². The van der Waals surface area contributed by atoms with Gasteiger partial charge in [-0.05, 0) is 18.2 Å². The minimum atomic E-state index is -0.479. The molecule has 0 amide bonds. The average Bonchev–Trinajstić information content (AvgIpc) is 3.01. The van der Waals surface area contributed by atoms with Crippen molar-refractivity contribution < 1.29 is 8.91 Å². The van der Waals surface area contributed by atoms with Crippen LogP contribution in [-0.4, -0.2) is 19.7 Å². The van der Waals surface area contributed by atoms with E-state index in [0.717, 1.165) is 0 Å². The second kappa shape index (κ2) is 4.20. The highest BCUT2D eigenvalue weighted by Gasteiger charge is 2.14. The zero-order valence-electron chi connectivity index (χ0n) is 10.0. The van der Waals surface area contributed by atoms with Crippen LogP contribution in [0.4, 0.5) is 10.1 Å². The quantitative estimate of drug-likeness (QED) is 0.710. The van der Waals surface area contributed by atoms with Crippen molar-refractivity contribution >= 4 is 5.69 Å². The number of rotatable bonds is 2. The smallest absolute Gasteiger partial charge is 0.258 e. The summed E-state index contributed by atoms with van der Waals surface area (Å²) in [5, 5.41) is 3.84. The predicted molar refractivity (Wildman–Crippen MR) is 66.3 cm³/mol. The van der Waals surface area contributed by atoms with Gasteiger partial charge in [-0.25, -0.2) is 9.37 Å². The van der Waals surface area contributed by atoms with Gasteiger partial charge in [-0.15, -0.1) is 0 Å². The van der Waals surface area contributed by atoms with Gasteiger partial charge >= 0.3 is 0 Å². The number of nitrogens with two attached hydrogens (primary N) is 1. The van der Waals surface area contributed by atoms with Crippen molar-refractivity contribution in [3.8, 4) is 23.1 Å². The van der Waals surface area contributed by atoms with E-state index in [1.54, 1.807) is 17.0 Å². The summed E-state index contributed by atoms with van der Waals surface area (Å²) in [7, 11) is 1.83. The van der Waals surface area contributed by atoms with Crippen LogP contribution < -0.4 is 5.73 Å². The highest BCUT2D eigenvalue weighted by atomic mass is 19.1. The Balaban J connectivity index is 2.01. The van der Waals surface area contributed by atoms with E-state index in [9.17, 15) is 4.39 Å². The molecule has 0 radical (unpaired) electrons. The Hall–Kier alpha value is -2.70. The summed E-state index contributed by atoms with van der Waals surface area (Å²) in [6.45, 7) is 0. The van der Waals surface area contributed by atoms with Crippen LogP contribution in [0.25, 0.3) is 23.1 Å². The molecule has 0 aliphatic rings. The van der Waals surface area contributed by atoms with Crippen LogP contribution in [0.1, 0.15) is 0 Å². The minimum absolute atomic E-state index is 0.0363. The molecular formula is C12H10FN5O. The summed E-state index contributed by atoms with van der Waals surface area (Å²) in [5.74, 6) is 0.743. The van der Waals surface area contributed by atoms with Gasteiger partial charge in [-0.2, -0.15) is 4.98 Å². The second-order valence-electron chi connectivity index (χ2n) is 4.02. The van der Waals surface area contributed by atoms with Gasteiger partial charge in [0.1, 0.15) is 5.82 Å². The number of imidazole rings is 1. The Kier molecular flexibility index (Phi) is 2.52. The van der Waals surface area contributed by atoms with E-state index in [1.807, 2.05) is 7.05 Å². The third-order valence-electron chi connectivity index (χ3n) is 2.69. The fourth-order valence-electron chi connectivity index (χ4n) is 1.69. The van der Waals surface area contributed by atoms with Gasteiger partial charge in [-0.1, -0.05) is 5.16 Å². The molecule has 0 atom stereocenters. The molecule has 0 aliphatic carbocycles. The molecule has 7 heteroatoms. The summed E-state index contributed by atoms with van der Waals surface area (Å²) in [4.78, 5) is 8.33. The van der Waals surface area contributed by atoms with Crippen molar-refractivity contribution in [2.24, 2.45) is 7.05 Å². The first kappa shape index (κ1) is 11.4. The van der Waals surface area contributed by atoms with Gasteiger partial charge in [0.05, 0.1) is 5.69 Å². The van der Waals surface area contributed by atoms with E-state index in [2.05, 4.69) is 15.1 Å². The van der Waals surface area contributed by atoms with Crippen molar-refractivity contribution in [2.75, 3.05) is 5.73 Å². The van der Waals surface area contributed by atoms with Gasteiger partial charge in [0.15, 0.2) is 5.82 Å². The molecule has 96 valence electrons. The van der Waals surface area contributed by atoms with Crippen molar-refractivity contribution in [3.63, 3.8) is 0 Å². The lowest BCUT2D eigenvalue weighted by molar-refractivity contribution is 0.431. The van der Waals surface area contributed by atoms with E-state index < -0.39 is 5.82 Å². The number of hydrogen-bond donors (Lipinski definition) is 1. The number of nitrogen functional groups attached to an aromatic ring is 1. The summed E-state index contributed by atoms with van der Waals surface area (Å²) in [5.41, 5.74) is 6.10. The molecule has 0 fully saturated rings. The Morgan fingerprint density at radius 2 is 2.21 bits per heavy atom. The largest absolute Gasteiger partial charge is 0.396 e. The van der Waals surface area contributed by atoms with Gasteiger partial charge < -0.3 is 14.8 Å². The lowest BCUT2D eigenvalue weighted by atomic mass is 10.2.